The Kier molecular flexibility index (Phi) is 5.81. The Labute approximate surface area is 78.0 Å². The van der Waals surface area contributed by atoms with Gasteiger partial charge < -0.3 is 10.0 Å². The summed E-state index contributed by atoms with van der Waals surface area (Å²) in [6, 6.07) is 6.44. The molecule has 0 saturated carbocycles. The molecule has 66 valence electrons. The summed E-state index contributed by atoms with van der Waals surface area (Å²) in [5.74, 6) is 0. The molecule has 12 heavy (non-hydrogen) atoms. The maximum Gasteiger partial charge on any atom is 0.488 e. The van der Waals surface area contributed by atoms with Crippen molar-refractivity contribution in [3.8, 4) is 0 Å². The van der Waals surface area contributed by atoms with Gasteiger partial charge in [-0.1, -0.05) is 37.6 Å². The van der Waals surface area contributed by atoms with Crippen LogP contribution in [0.15, 0.2) is 24.3 Å². The molecule has 0 atom stereocenters. The van der Waals surface area contributed by atoms with Gasteiger partial charge in [-0.25, -0.2) is 0 Å². The molecule has 0 unspecified atom stereocenters. The molecule has 0 aliphatic heterocycles. The molecule has 0 spiro atoms. The van der Waals surface area contributed by atoms with Crippen molar-refractivity contribution < 1.29 is 10.0 Å². The van der Waals surface area contributed by atoms with Gasteiger partial charge in [-0.15, -0.1) is 0 Å². The second kappa shape index (κ2) is 6.06. The van der Waals surface area contributed by atoms with Crippen LogP contribution in [-0.4, -0.2) is 17.2 Å². The molecule has 0 aliphatic carbocycles. The largest absolute Gasteiger partial charge is 0.488 e. The van der Waals surface area contributed by atoms with E-state index in [0.29, 0.717) is 10.5 Å². The van der Waals surface area contributed by atoms with E-state index in [4.69, 9.17) is 21.6 Å². The average Bonchev–Trinajstić information content (AvgIpc) is 2.08. The first-order valence-corrected chi connectivity index (χ1v) is 4.19. The average molecular weight is 186 g/mol. The summed E-state index contributed by atoms with van der Waals surface area (Å²) in [4.78, 5) is 0. The van der Waals surface area contributed by atoms with Crippen molar-refractivity contribution in [1.29, 1.82) is 0 Å². The highest BCUT2D eigenvalue weighted by atomic mass is 35.5. The molecule has 2 nitrogen and oxygen atoms in total. The van der Waals surface area contributed by atoms with Crippen molar-refractivity contribution in [3.05, 3.63) is 29.3 Å². The Morgan fingerprint density at radius 3 is 2.17 bits per heavy atom. The van der Waals surface area contributed by atoms with E-state index in [1.165, 1.54) is 6.07 Å². The van der Waals surface area contributed by atoms with E-state index in [9.17, 15) is 0 Å². The van der Waals surface area contributed by atoms with Crippen molar-refractivity contribution in [3.63, 3.8) is 0 Å². The van der Waals surface area contributed by atoms with Crippen molar-refractivity contribution in [1.82, 2.24) is 0 Å². The minimum atomic E-state index is -1.43. The van der Waals surface area contributed by atoms with E-state index < -0.39 is 7.12 Å². The molecule has 2 N–H and O–H groups in total. The van der Waals surface area contributed by atoms with Gasteiger partial charge in [0.15, 0.2) is 0 Å². The summed E-state index contributed by atoms with van der Waals surface area (Å²) >= 11 is 5.57. The number of hydrogen-bond acceptors (Lipinski definition) is 2. The lowest BCUT2D eigenvalue weighted by molar-refractivity contribution is 0.426. The highest BCUT2D eigenvalue weighted by Gasteiger charge is 2.09. The highest BCUT2D eigenvalue weighted by molar-refractivity contribution is 6.59. The Bertz CT molecular complexity index is 228. The molecule has 1 aromatic carbocycles. The SMILES string of the molecule is CC.OB(O)c1cccc(Cl)c1. The predicted octanol–water partition coefficient (Wildman–Crippen LogP) is 1.05. The summed E-state index contributed by atoms with van der Waals surface area (Å²) in [5.41, 5.74) is 0.410. The molecule has 0 amide bonds. The minimum absolute atomic E-state index is 0.410. The first-order chi connectivity index (χ1) is 5.70. The zero-order chi connectivity index (χ0) is 9.56. The van der Waals surface area contributed by atoms with E-state index in [-0.39, 0.29) is 0 Å². The molecule has 0 aliphatic rings. The van der Waals surface area contributed by atoms with Crippen LogP contribution >= 0.6 is 11.6 Å². The Hall–Kier alpha value is -0.505. The summed E-state index contributed by atoms with van der Waals surface area (Å²) in [6.45, 7) is 4.00. The lowest BCUT2D eigenvalue weighted by atomic mass is 9.81. The molecule has 0 saturated heterocycles. The van der Waals surface area contributed by atoms with Crippen molar-refractivity contribution in [2.45, 2.75) is 13.8 Å². The Morgan fingerprint density at radius 1 is 1.25 bits per heavy atom. The molecular formula is C8H12BClO2. The van der Waals surface area contributed by atoms with Crippen molar-refractivity contribution in [2.24, 2.45) is 0 Å². The van der Waals surface area contributed by atoms with Crippen LogP contribution in [0.1, 0.15) is 13.8 Å². The van der Waals surface area contributed by atoms with Gasteiger partial charge in [-0.3, -0.25) is 0 Å². The van der Waals surface area contributed by atoms with Crippen LogP contribution in [0.2, 0.25) is 5.02 Å². The second-order valence-electron chi connectivity index (χ2n) is 1.93. The van der Waals surface area contributed by atoms with Gasteiger partial charge in [-0.05, 0) is 17.6 Å². The maximum absolute atomic E-state index is 8.65. The number of benzene rings is 1. The van der Waals surface area contributed by atoms with Gasteiger partial charge in [0.05, 0.1) is 0 Å². The molecule has 0 radical (unpaired) electrons. The highest BCUT2D eigenvalue weighted by Crippen LogP contribution is 2.03. The standard InChI is InChI=1S/C6H6BClO2.C2H6/c8-6-3-1-2-5(4-6)7(9)10;1-2/h1-4,9-10H;1-2H3. The Morgan fingerprint density at radius 2 is 1.83 bits per heavy atom. The van der Waals surface area contributed by atoms with Gasteiger partial charge in [0, 0.05) is 5.02 Å². The van der Waals surface area contributed by atoms with Crippen LogP contribution in [0, 0.1) is 0 Å². The number of rotatable bonds is 1. The predicted molar refractivity (Wildman–Crippen MR) is 52.6 cm³/mol. The Balaban J connectivity index is 0.000000561. The van der Waals surface area contributed by atoms with Crippen LogP contribution in [0.5, 0.6) is 0 Å². The molecule has 0 fully saturated rings. The van der Waals surface area contributed by atoms with Crippen LogP contribution in [-0.2, 0) is 0 Å². The summed E-state index contributed by atoms with van der Waals surface area (Å²) in [6.07, 6.45) is 0. The topological polar surface area (TPSA) is 40.5 Å². The van der Waals surface area contributed by atoms with Crippen LogP contribution in [0.4, 0.5) is 0 Å². The van der Waals surface area contributed by atoms with E-state index in [1.807, 2.05) is 13.8 Å². The van der Waals surface area contributed by atoms with Gasteiger partial charge in [0.1, 0.15) is 0 Å². The first kappa shape index (κ1) is 11.5. The normalized spacial score (nSPS) is 8.42. The molecule has 0 heterocycles. The molecule has 1 rings (SSSR count). The van der Waals surface area contributed by atoms with Crippen molar-refractivity contribution >= 4 is 24.2 Å². The molecule has 0 aromatic heterocycles. The van der Waals surface area contributed by atoms with Crippen LogP contribution in [0.25, 0.3) is 0 Å². The second-order valence-corrected chi connectivity index (χ2v) is 2.37. The van der Waals surface area contributed by atoms with Crippen molar-refractivity contribution in [2.75, 3.05) is 0 Å². The third-order valence-electron chi connectivity index (χ3n) is 1.15. The number of hydrogen-bond donors (Lipinski definition) is 2. The fourth-order valence-electron chi connectivity index (χ4n) is 0.667. The quantitative estimate of drug-likeness (QED) is 0.644. The van der Waals surface area contributed by atoms with E-state index >= 15 is 0 Å². The fourth-order valence-corrected chi connectivity index (χ4v) is 0.866. The van der Waals surface area contributed by atoms with E-state index in [0.717, 1.165) is 0 Å². The zero-order valence-corrected chi connectivity index (χ0v) is 7.92. The maximum atomic E-state index is 8.65. The van der Waals surface area contributed by atoms with E-state index in [2.05, 4.69) is 0 Å². The smallest absolute Gasteiger partial charge is 0.423 e. The fraction of sp³-hybridized carbons (Fsp3) is 0.250. The van der Waals surface area contributed by atoms with Gasteiger partial charge in [0.2, 0.25) is 0 Å². The third kappa shape index (κ3) is 3.76. The molecule has 4 heteroatoms. The molecular weight excluding hydrogens is 174 g/mol. The minimum Gasteiger partial charge on any atom is -0.423 e. The monoisotopic (exact) mass is 186 g/mol. The van der Waals surface area contributed by atoms with Crippen LogP contribution in [0.3, 0.4) is 0 Å². The summed E-state index contributed by atoms with van der Waals surface area (Å²) in [7, 11) is -1.43. The van der Waals surface area contributed by atoms with Gasteiger partial charge in [-0.2, -0.15) is 0 Å². The molecule has 0 bridgehead atoms. The van der Waals surface area contributed by atoms with Crippen LogP contribution < -0.4 is 5.46 Å². The van der Waals surface area contributed by atoms with E-state index in [1.54, 1.807) is 18.2 Å². The summed E-state index contributed by atoms with van der Waals surface area (Å²) in [5, 5.41) is 17.8. The summed E-state index contributed by atoms with van der Waals surface area (Å²) < 4.78 is 0. The lowest BCUT2D eigenvalue weighted by Crippen LogP contribution is -2.29. The third-order valence-corrected chi connectivity index (χ3v) is 1.38. The lowest BCUT2D eigenvalue weighted by Gasteiger charge is -1.97. The molecule has 1 aromatic rings. The van der Waals surface area contributed by atoms with Gasteiger partial charge in [0.25, 0.3) is 0 Å². The number of halogens is 1. The first-order valence-electron chi connectivity index (χ1n) is 3.82. The van der Waals surface area contributed by atoms with Gasteiger partial charge >= 0.3 is 7.12 Å². The zero-order valence-electron chi connectivity index (χ0n) is 7.16.